The fraction of sp³-hybridized carbons (Fsp3) is 0.269. The van der Waals surface area contributed by atoms with Crippen LogP contribution in [-0.2, 0) is 13.0 Å². The van der Waals surface area contributed by atoms with Crippen LogP contribution in [0.25, 0.3) is 28.0 Å². The molecule has 0 unspecified atom stereocenters. The summed E-state index contributed by atoms with van der Waals surface area (Å²) in [7, 11) is 0. The summed E-state index contributed by atoms with van der Waals surface area (Å²) >= 11 is 9.70. The molecule has 0 fully saturated rings. The molecule has 0 spiro atoms. The van der Waals surface area contributed by atoms with Crippen LogP contribution in [0, 0.1) is 0 Å². The summed E-state index contributed by atoms with van der Waals surface area (Å²) in [6.07, 6.45) is 6.76. The number of nitrogens with zero attached hydrogens (tertiary/aromatic N) is 2. The number of imidazole rings is 1. The van der Waals surface area contributed by atoms with Crippen molar-refractivity contribution in [3.63, 3.8) is 0 Å². The Labute approximate surface area is 195 Å². The van der Waals surface area contributed by atoms with E-state index in [1.807, 2.05) is 24.3 Å². The van der Waals surface area contributed by atoms with Crippen LogP contribution in [0.5, 0.6) is 0 Å². The molecule has 0 aliphatic carbocycles. The Morgan fingerprint density at radius 2 is 1.74 bits per heavy atom. The van der Waals surface area contributed by atoms with Crippen molar-refractivity contribution in [2.24, 2.45) is 0 Å². The predicted molar refractivity (Wildman–Crippen MR) is 131 cm³/mol. The summed E-state index contributed by atoms with van der Waals surface area (Å²) in [4.78, 5) is 13.4. The first kappa shape index (κ1) is 20.6. The topological polar surface area (TPSA) is 26.4 Å². The summed E-state index contributed by atoms with van der Waals surface area (Å²) in [5.74, 6) is 0.203. The second kappa shape index (κ2) is 8.33. The minimum Gasteiger partial charge on any atom is -0.325 e. The van der Waals surface area contributed by atoms with Gasteiger partial charge in [-0.15, -0.1) is 0 Å². The Morgan fingerprint density at radius 3 is 2.45 bits per heavy atom. The number of hydrogen-bond donors (Lipinski definition) is 0. The highest BCUT2D eigenvalue weighted by Crippen LogP contribution is 2.40. The number of carbonyl (C=O) groups excluding carboxylic acids is 1. The van der Waals surface area contributed by atoms with Gasteiger partial charge >= 0.3 is 0 Å². The fourth-order valence-corrected chi connectivity index (χ4v) is 5.17. The number of hydrogen-bond acceptors (Lipinski definition) is 1. The molecule has 1 aliphatic heterocycles. The normalized spacial score (nSPS) is 13.5. The third kappa shape index (κ3) is 3.56. The van der Waals surface area contributed by atoms with Gasteiger partial charge in [-0.1, -0.05) is 58.7 Å². The van der Waals surface area contributed by atoms with Gasteiger partial charge in [0.25, 0.3) is 0 Å². The Hall–Kier alpha value is -2.30. The van der Waals surface area contributed by atoms with Gasteiger partial charge in [0.1, 0.15) is 5.65 Å². The lowest BCUT2D eigenvalue weighted by molar-refractivity contribution is 0.0977. The monoisotopic (exact) mass is 494 g/mol. The van der Waals surface area contributed by atoms with Gasteiger partial charge in [-0.2, -0.15) is 0 Å². The molecule has 1 aliphatic rings. The standard InChI is InChI=1S/C26H24BrClN2O/c1-2-5-23(31)25-24(18-9-13-20(28)14-10-18)21-6-3-4-15-29-22(16-30(25)26(21)29)17-7-11-19(27)12-8-17/h7-14,16H,2-6,15H2,1H3. The highest BCUT2D eigenvalue weighted by Gasteiger charge is 2.29. The van der Waals surface area contributed by atoms with Crippen molar-refractivity contribution in [3.8, 4) is 22.4 Å². The Morgan fingerprint density at radius 1 is 1.03 bits per heavy atom. The van der Waals surface area contributed by atoms with Crippen molar-refractivity contribution in [2.75, 3.05) is 0 Å². The van der Waals surface area contributed by atoms with Gasteiger partial charge in [-0.25, -0.2) is 0 Å². The van der Waals surface area contributed by atoms with E-state index in [0.29, 0.717) is 11.4 Å². The van der Waals surface area contributed by atoms with Crippen LogP contribution in [-0.4, -0.2) is 14.8 Å². The molecule has 2 aromatic carbocycles. The minimum atomic E-state index is 0.203. The molecule has 0 amide bonds. The zero-order valence-corrected chi connectivity index (χ0v) is 19.8. The third-order valence-electron chi connectivity index (χ3n) is 6.15. The number of Topliss-reactive ketones (excluding diaryl/α,β-unsaturated/α-hetero) is 1. The molecule has 0 bridgehead atoms. The molecular weight excluding hydrogens is 472 g/mol. The summed E-state index contributed by atoms with van der Waals surface area (Å²) in [6, 6.07) is 16.3. The molecule has 0 saturated heterocycles. The van der Waals surface area contributed by atoms with Crippen LogP contribution in [0.1, 0.15) is 48.7 Å². The van der Waals surface area contributed by atoms with Gasteiger partial charge < -0.3 is 4.57 Å². The van der Waals surface area contributed by atoms with Crippen molar-refractivity contribution in [3.05, 3.63) is 75.5 Å². The maximum absolute atomic E-state index is 13.4. The van der Waals surface area contributed by atoms with Crippen LogP contribution < -0.4 is 0 Å². The number of aromatic nitrogens is 2. The molecule has 3 heterocycles. The average Bonchev–Trinajstić information content (AvgIpc) is 3.18. The third-order valence-corrected chi connectivity index (χ3v) is 6.93. The SMILES string of the molecule is CCCC(=O)c1c(-c2ccc(Cl)cc2)c2c3n(c(-c4ccc(Br)cc4)cn13)CCCC2. The van der Waals surface area contributed by atoms with E-state index in [1.165, 1.54) is 22.5 Å². The zero-order chi connectivity index (χ0) is 21.5. The largest absolute Gasteiger partial charge is 0.325 e. The van der Waals surface area contributed by atoms with E-state index >= 15 is 0 Å². The quantitative estimate of drug-likeness (QED) is 0.259. The molecule has 0 N–H and O–H groups in total. The number of ketones is 1. The Balaban J connectivity index is 1.83. The van der Waals surface area contributed by atoms with Crippen molar-refractivity contribution in [2.45, 2.75) is 45.6 Å². The highest BCUT2D eigenvalue weighted by atomic mass is 79.9. The van der Waals surface area contributed by atoms with Crippen molar-refractivity contribution < 1.29 is 4.79 Å². The lowest BCUT2D eigenvalue weighted by atomic mass is 9.96. The second-order valence-corrected chi connectivity index (χ2v) is 9.56. The maximum atomic E-state index is 13.4. The lowest BCUT2D eigenvalue weighted by Gasteiger charge is -2.09. The van der Waals surface area contributed by atoms with Crippen LogP contribution >= 0.6 is 27.5 Å². The molecule has 31 heavy (non-hydrogen) atoms. The first-order valence-electron chi connectivity index (χ1n) is 10.9. The molecule has 4 aromatic rings. The van der Waals surface area contributed by atoms with Gasteiger partial charge in [0, 0.05) is 39.8 Å². The van der Waals surface area contributed by atoms with Crippen molar-refractivity contribution >= 4 is 39.0 Å². The number of benzene rings is 2. The van der Waals surface area contributed by atoms with Crippen LogP contribution in [0.15, 0.2) is 59.2 Å². The summed E-state index contributed by atoms with van der Waals surface area (Å²) in [5.41, 5.74) is 7.75. The van der Waals surface area contributed by atoms with E-state index in [2.05, 4.69) is 62.3 Å². The zero-order valence-electron chi connectivity index (χ0n) is 17.5. The number of carbonyl (C=O) groups is 1. The number of halogens is 2. The molecule has 0 saturated carbocycles. The first-order valence-corrected chi connectivity index (χ1v) is 12.1. The highest BCUT2D eigenvalue weighted by molar-refractivity contribution is 9.10. The molecule has 0 atom stereocenters. The van der Waals surface area contributed by atoms with Crippen molar-refractivity contribution in [1.82, 2.24) is 8.97 Å². The fourth-order valence-electron chi connectivity index (χ4n) is 4.78. The predicted octanol–water partition coefficient (Wildman–Crippen LogP) is 7.81. The van der Waals surface area contributed by atoms with Gasteiger partial charge in [-0.3, -0.25) is 9.20 Å². The van der Waals surface area contributed by atoms with Gasteiger partial charge in [0.05, 0.1) is 11.4 Å². The number of rotatable bonds is 5. The molecular formula is C26H24BrClN2O. The molecule has 158 valence electrons. The molecule has 5 rings (SSSR count). The van der Waals surface area contributed by atoms with Crippen LogP contribution in [0.4, 0.5) is 0 Å². The van der Waals surface area contributed by atoms with E-state index in [4.69, 9.17) is 11.6 Å². The van der Waals surface area contributed by atoms with E-state index < -0.39 is 0 Å². The Kier molecular flexibility index (Phi) is 5.53. The van der Waals surface area contributed by atoms with E-state index in [9.17, 15) is 4.79 Å². The van der Waals surface area contributed by atoms with Crippen LogP contribution in [0.3, 0.4) is 0 Å². The molecule has 3 nitrogen and oxygen atoms in total. The van der Waals surface area contributed by atoms with Gasteiger partial charge in [0.15, 0.2) is 5.78 Å². The van der Waals surface area contributed by atoms with E-state index in [1.54, 1.807) is 0 Å². The van der Waals surface area contributed by atoms with E-state index in [-0.39, 0.29) is 5.78 Å². The van der Waals surface area contributed by atoms with Gasteiger partial charge in [-0.05, 0) is 61.1 Å². The second-order valence-electron chi connectivity index (χ2n) is 8.21. The average molecular weight is 496 g/mol. The smallest absolute Gasteiger partial charge is 0.180 e. The lowest BCUT2D eigenvalue weighted by Crippen LogP contribution is -2.04. The molecule has 2 aromatic heterocycles. The summed E-state index contributed by atoms with van der Waals surface area (Å²) in [5, 5.41) is 0.710. The summed E-state index contributed by atoms with van der Waals surface area (Å²) < 4.78 is 5.64. The van der Waals surface area contributed by atoms with Crippen LogP contribution in [0.2, 0.25) is 5.02 Å². The molecule has 5 heteroatoms. The molecule has 0 radical (unpaired) electrons. The maximum Gasteiger partial charge on any atom is 0.180 e. The summed E-state index contributed by atoms with van der Waals surface area (Å²) in [6.45, 7) is 3.02. The number of aryl methyl sites for hydroxylation is 2. The minimum absolute atomic E-state index is 0.203. The first-order chi connectivity index (χ1) is 15.1. The van der Waals surface area contributed by atoms with Crippen molar-refractivity contribution in [1.29, 1.82) is 0 Å². The Bertz CT molecular complexity index is 1270. The van der Waals surface area contributed by atoms with Gasteiger partial charge in [0.2, 0.25) is 0 Å². The van der Waals surface area contributed by atoms with E-state index in [0.717, 1.165) is 53.5 Å².